The minimum Gasteiger partial charge on any atom is -0.399 e. The highest BCUT2D eigenvalue weighted by Gasteiger charge is 2.23. The van der Waals surface area contributed by atoms with E-state index >= 15 is 0 Å². The lowest BCUT2D eigenvalue weighted by atomic mass is 10.1. The Labute approximate surface area is 149 Å². The molecular formula is C20H29N3O2. The highest BCUT2D eigenvalue weighted by atomic mass is 16.1. The largest absolute Gasteiger partial charge is 0.399 e. The molecule has 1 saturated carbocycles. The van der Waals surface area contributed by atoms with Crippen molar-refractivity contribution in [1.82, 2.24) is 9.88 Å². The fourth-order valence-corrected chi connectivity index (χ4v) is 2.75. The van der Waals surface area contributed by atoms with E-state index in [-0.39, 0.29) is 11.5 Å². The zero-order valence-electron chi connectivity index (χ0n) is 15.5. The molecule has 1 fully saturated rings. The molecule has 0 atom stereocenters. The number of aromatic nitrogens is 1. The average Bonchev–Trinajstić information content (AvgIpc) is 3.41. The van der Waals surface area contributed by atoms with Crippen LogP contribution in [-0.4, -0.2) is 17.5 Å². The smallest absolute Gasteiger partial charge is 0.253 e. The number of anilines is 1. The minimum absolute atomic E-state index is 0.133. The van der Waals surface area contributed by atoms with Gasteiger partial charge in [-0.25, -0.2) is 0 Å². The molecule has 1 heterocycles. The van der Waals surface area contributed by atoms with Gasteiger partial charge in [0.15, 0.2) is 0 Å². The summed E-state index contributed by atoms with van der Waals surface area (Å²) in [6.45, 7) is 4.79. The maximum absolute atomic E-state index is 12.2. The van der Waals surface area contributed by atoms with Crippen molar-refractivity contribution in [1.29, 1.82) is 0 Å². The van der Waals surface area contributed by atoms with Crippen molar-refractivity contribution in [2.45, 2.75) is 52.5 Å². The second-order valence-corrected chi connectivity index (χ2v) is 6.78. The SMILES string of the molecule is CCCCC(=O)NC.Cc1cc2cc(N)ccc2n(CC2CC2)c1=O. The van der Waals surface area contributed by atoms with Gasteiger partial charge in [-0.1, -0.05) is 13.3 Å². The number of hydrogen-bond donors (Lipinski definition) is 2. The molecule has 1 aliphatic rings. The van der Waals surface area contributed by atoms with Crippen LogP contribution in [0.4, 0.5) is 5.69 Å². The van der Waals surface area contributed by atoms with Crippen LogP contribution in [0, 0.1) is 12.8 Å². The highest BCUT2D eigenvalue weighted by Crippen LogP contribution is 2.31. The van der Waals surface area contributed by atoms with Crippen LogP contribution >= 0.6 is 0 Å². The van der Waals surface area contributed by atoms with E-state index in [1.54, 1.807) is 7.05 Å². The Hall–Kier alpha value is -2.30. The van der Waals surface area contributed by atoms with Crippen molar-refractivity contribution in [2.24, 2.45) is 5.92 Å². The van der Waals surface area contributed by atoms with Gasteiger partial charge in [0.05, 0.1) is 5.52 Å². The molecule has 0 spiro atoms. The number of unbranched alkanes of at least 4 members (excludes halogenated alkanes) is 1. The molecule has 136 valence electrons. The van der Waals surface area contributed by atoms with Crippen LogP contribution in [0.3, 0.4) is 0 Å². The number of nitrogen functional groups attached to an aromatic ring is 1. The van der Waals surface area contributed by atoms with Gasteiger partial charge in [0.25, 0.3) is 5.56 Å². The fraction of sp³-hybridized carbons (Fsp3) is 0.500. The molecule has 5 nitrogen and oxygen atoms in total. The van der Waals surface area contributed by atoms with E-state index in [9.17, 15) is 9.59 Å². The van der Waals surface area contributed by atoms with E-state index in [1.807, 2.05) is 35.8 Å². The van der Waals surface area contributed by atoms with Crippen LogP contribution in [0.25, 0.3) is 10.9 Å². The van der Waals surface area contributed by atoms with Crippen molar-refractivity contribution in [3.63, 3.8) is 0 Å². The van der Waals surface area contributed by atoms with Gasteiger partial charge < -0.3 is 15.6 Å². The Bertz CT molecular complexity index is 791. The Kier molecular flexibility index (Phi) is 6.62. The van der Waals surface area contributed by atoms with Gasteiger partial charge in [-0.05, 0) is 56.4 Å². The minimum atomic E-state index is 0.133. The summed E-state index contributed by atoms with van der Waals surface area (Å²) in [6.07, 6.45) is 5.26. The summed E-state index contributed by atoms with van der Waals surface area (Å²) in [5.74, 6) is 0.835. The number of carbonyl (C=O) groups excluding carboxylic acids is 1. The summed E-state index contributed by atoms with van der Waals surface area (Å²) >= 11 is 0. The van der Waals surface area contributed by atoms with Gasteiger partial charge >= 0.3 is 0 Å². The number of nitrogens with two attached hydrogens (primary N) is 1. The number of aryl methyl sites for hydroxylation is 1. The van der Waals surface area contributed by atoms with E-state index in [0.717, 1.165) is 41.5 Å². The Balaban J connectivity index is 0.000000242. The molecule has 1 aromatic carbocycles. The number of amides is 1. The number of benzene rings is 1. The zero-order chi connectivity index (χ0) is 18.4. The monoisotopic (exact) mass is 343 g/mol. The summed E-state index contributed by atoms with van der Waals surface area (Å²) in [5.41, 5.74) is 8.46. The highest BCUT2D eigenvalue weighted by molar-refractivity contribution is 5.83. The van der Waals surface area contributed by atoms with Gasteiger partial charge in [-0.2, -0.15) is 0 Å². The first-order chi connectivity index (χ1) is 12.0. The van der Waals surface area contributed by atoms with Gasteiger partial charge in [0.1, 0.15) is 0 Å². The summed E-state index contributed by atoms with van der Waals surface area (Å²) in [5, 5.41) is 3.62. The van der Waals surface area contributed by atoms with E-state index in [2.05, 4.69) is 12.2 Å². The van der Waals surface area contributed by atoms with Crippen LogP contribution < -0.4 is 16.6 Å². The third-order valence-electron chi connectivity index (χ3n) is 4.47. The van der Waals surface area contributed by atoms with Crippen LogP contribution in [-0.2, 0) is 11.3 Å². The first-order valence-electron chi connectivity index (χ1n) is 9.06. The Morgan fingerprint density at radius 2 is 2.04 bits per heavy atom. The van der Waals surface area contributed by atoms with Gasteiger partial charge in [-0.15, -0.1) is 0 Å². The predicted octanol–water partition coefficient (Wildman–Crippen LogP) is 3.22. The van der Waals surface area contributed by atoms with Gasteiger partial charge in [0, 0.05) is 36.7 Å². The van der Waals surface area contributed by atoms with Crippen LogP contribution in [0.15, 0.2) is 29.1 Å². The van der Waals surface area contributed by atoms with Crippen LogP contribution in [0.1, 0.15) is 44.6 Å². The molecule has 3 N–H and O–H groups in total. The second kappa shape index (κ2) is 8.70. The molecule has 1 amide bonds. The molecule has 5 heteroatoms. The van der Waals surface area contributed by atoms with Crippen molar-refractivity contribution >= 4 is 22.5 Å². The van der Waals surface area contributed by atoms with E-state index < -0.39 is 0 Å². The lowest BCUT2D eigenvalue weighted by Crippen LogP contribution is -2.23. The Morgan fingerprint density at radius 3 is 2.64 bits per heavy atom. The molecule has 0 saturated heterocycles. The van der Waals surface area contributed by atoms with Crippen molar-refractivity contribution in [3.8, 4) is 0 Å². The maximum atomic E-state index is 12.2. The Morgan fingerprint density at radius 1 is 1.32 bits per heavy atom. The second-order valence-electron chi connectivity index (χ2n) is 6.78. The molecule has 3 rings (SSSR count). The summed E-state index contributed by atoms with van der Waals surface area (Å²) in [7, 11) is 1.66. The molecular weight excluding hydrogens is 314 g/mol. The van der Waals surface area contributed by atoms with Crippen molar-refractivity contribution in [2.75, 3.05) is 12.8 Å². The first-order valence-corrected chi connectivity index (χ1v) is 9.06. The first kappa shape index (κ1) is 19.0. The third kappa shape index (κ3) is 5.34. The molecule has 0 bridgehead atoms. The predicted molar refractivity (Wildman–Crippen MR) is 104 cm³/mol. The molecule has 25 heavy (non-hydrogen) atoms. The van der Waals surface area contributed by atoms with Crippen molar-refractivity contribution in [3.05, 3.63) is 40.2 Å². The van der Waals surface area contributed by atoms with E-state index in [4.69, 9.17) is 5.73 Å². The lowest BCUT2D eigenvalue weighted by molar-refractivity contribution is -0.120. The lowest BCUT2D eigenvalue weighted by Gasteiger charge is -2.11. The van der Waals surface area contributed by atoms with E-state index in [0.29, 0.717) is 12.3 Å². The molecule has 2 aromatic rings. The average molecular weight is 343 g/mol. The summed E-state index contributed by atoms with van der Waals surface area (Å²) < 4.78 is 1.90. The number of pyridine rings is 1. The topological polar surface area (TPSA) is 77.1 Å². The number of rotatable bonds is 5. The number of nitrogens with one attached hydrogen (secondary N) is 1. The third-order valence-corrected chi connectivity index (χ3v) is 4.47. The number of hydrogen-bond acceptors (Lipinski definition) is 3. The molecule has 0 aliphatic heterocycles. The number of carbonyl (C=O) groups is 1. The van der Waals surface area contributed by atoms with Gasteiger partial charge in [0.2, 0.25) is 5.91 Å². The quantitative estimate of drug-likeness (QED) is 0.818. The summed E-state index contributed by atoms with van der Waals surface area (Å²) in [6, 6.07) is 7.68. The fourth-order valence-electron chi connectivity index (χ4n) is 2.75. The maximum Gasteiger partial charge on any atom is 0.253 e. The normalized spacial score (nSPS) is 13.2. The zero-order valence-corrected chi connectivity index (χ0v) is 15.5. The summed E-state index contributed by atoms with van der Waals surface area (Å²) in [4.78, 5) is 22.6. The van der Waals surface area contributed by atoms with E-state index in [1.165, 1.54) is 12.8 Å². The molecule has 0 unspecified atom stereocenters. The van der Waals surface area contributed by atoms with Crippen LogP contribution in [0.2, 0.25) is 0 Å². The number of nitrogens with zero attached hydrogens (tertiary/aromatic N) is 1. The molecule has 1 aliphatic carbocycles. The molecule has 0 radical (unpaired) electrons. The standard InChI is InChI=1S/C14H16N2O.C6H13NO/c1-9-6-11-7-12(15)4-5-13(11)16(14(9)17)8-10-2-3-10;1-3-4-5-6(8)7-2/h4-7,10H,2-3,8,15H2,1H3;3-5H2,1-2H3,(H,7,8). The number of fused-ring (bicyclic) bond motifs is 1. The molecule has 1 aromatic heterocycles. The van der Waals surface area contributed by atoms with Crippen LogP contribution in [0.5, 0.6) is 0 Å². The van der Waals surface area contributed by atoms with Crippen molar-refractivity contribution < 1.29 is 4.79 Å². The van der Waals surface area contributed by atoms with Gasteiger partial charge in [-0.3, -0.25) is 9.59 Å².